The van der Waals surface area contributed by atoms with Crippen LogP contribution in [0.1, 0.15) is 20.8 Å². The Morgan fingerprint density at radius 2 is 1.90 bits per heavy atom. The van der Waals surface area contributed by atoms with Crippen LogP contribution in [-0.2, 0) is 12.7 Å². The Morgan fingerprint density at radius 1 is 1.24 bits per heavy atom. The number of hydrogen-bond acceptors (Lipinski definition) is 2. The highest BCUT2D eigenvalue weighted by molar-refractivity contribution is 9.13. The molecular weight excluding hydrogens is 435 g/mol. The fraction of sp³-hybridized carbons (Fsp3) is 0.154. The number of carbonyl (C=O) groups excluding carboxylic acids is 1. The zero-order valence-corrected chi connectivity index (χ0v) is 14.3. The lowest BCUT2D eigenvalue weighted by Gasteiger charge is -2.12. The van der Waals surface area contributed by atoms with Gasteiger partial charge >= 0.3 is 6.18 Å². The van der Waals surface area contributed by atoms with Crippen molar-refractivity contribution in [2.24, 2.45) is 0 Å². The van der Waals surface area contributed by atoms with Gasteiger partial charge in [0.05, 0.1) is 14.2 Å². The van der Waals surface area contributed by atoms with Crippen molar-refractivity contribution in [2.45, 2.75) is 12.7 Å². The van der Waals surface area contributed by atoms with E-state index in [9.17, 15) is 18.0 Å². The Bertz CT molecular complexity index is 650. The maximum atomic E-state index is 12.8. The summed E-state index contributed by atoms with van der Waals surface area (Å²) in [5.41, 5.74) is -0.702. The molecular formula is C13H8Br2F3NOS. The van der Waals surface area contributed by atoms with E-state index in [1.165, 1.54) is 29.5 Å². The first kappa shape index (κ1) is 16.5. The Morgan fingerprint density at radius 3 is 2.48 bits per heavy atom. The number of carbonyl (C=O) groups is 1. The summed E-state index contributed by atoms with van der Waals surface area (Å²) in [6, 6.07) is 6.79. The van der Waals surface area contributed by atoms with Crippen molar-refractivity contribution in [1.29, 1.82) is 0 Å². The molecule has 0 aliphatic carbocycles. The molecule has 0 atom stereocenters. The predicted molar refractivity (Wildman–Crippen MR) is 82.3 cm³/mol. The highest BCUT2D eigenvalue weighted by atomic mass is 79.9. The fourth-order valence-corrected chi connectivity index (χ4v) is 3.62. The minimum Gasteiger partial charge on any atom is -0.347 e. The summed E-state index contributed by atoms with van der Waals surface area (Å²) in [5.74, 6) is -0.414. The molecule has 8 heteroatoms. The van der Waals surface area contributed by atoms with E-state index in [4.69, 9.17) is 0 Å². The maximum Gasteiger partial charge on any atom is 0.416 e. The Hall–Kier alpha value is -0.860. The van der Waals surface area contributed by atoms with Gasteiger partial charge in [0.15, 0.2) is 0 Å². The number of rotatable bonds is 3. The van der Waals surface area contributed by atoms with E-state index < -0.39 is 17.6 Å². The van der Waals surface area contributed by atoms with E-state index in [0.717, 1.165) is 14.3 Å². The summed E-state index contributed by atoms with van der Waals surface area (Å²) in [6.07, 6.45) is -4.43. The molecule has 2 nitrogen and oxygen atoms in total. The summed E-state index contributed by atoms with van der Waals surface area (Å²) >= 11 is 7.72. The minimum atomic E-state index is -4.43. The molecule has 2 rings (SSSR count). The first-order chi connectivity index (χ1) is 9.79. The molecule has 1 amide bonds. The van der Waals surface area contributed by atoms with Crippen LogP contribution in [0.15, 0.2) is 38.6 Å². The smallest absolute Gasteiger partial charge is 0.347 e. The van der Waals surface area contributed by atoms with Crippen LogP contribution in [0.2, 0.25) is 0 Å². The number of thiophene rings is 1. The van der Waals surface area contributed by atoms with Gasteiger partial charge in [0.25, 0.3) is 5.91 Å². The van der Waals surface area contributed by atoms with Crippen molar-refractivity contribution in [2.75, 3.05) is 0 Å². The van der Waals surface area contributed by atoms with E-state index in [1.54, 1.807) is 6.07 Å². The zero-order chi connectivity index (χ0) is 15.6. The molecule has 0 radical (unpaired) electrons. The summed E-state index contributed by atoms with van der Waals surface area (Å²) in [7, 11) is 0. The van der Waals surface area contributed by atoms with E-state index in [-0.39, 0.29) is 12.1 Å². The standard InChI is InChI=1S/C13H8Br2F3NOS/c14-9-5-10(21-11(9)15)12(20)19-6-7-3-1-2-4-8(7)13(16,17)18/h1-5H,6H2,(H,19,20). The predicted octanol–water partition coefficient (Wildman–Crippen LogP) is 5.22. The van der Waals surface area contributed by atoms with Crippen molar-refractivity contribution in [3.05, 3.63) is 54.6 Å². The summed E-state index contributed by atoms with van der Waals surface area (Å²) < 4.78 is 40.0. The van der Waals surface area contributed by atoms with Crippen LogP contribution in [-0.4, -0.2) is 5.91 Å². The molecule has 0 aliphatic heterocycles. The quantitative estimate of drug-likeness (QED) is 0.693. The van der Waals surface area contributed by atoms with Crippen LogP contribution in [0.3, 0.4) is 0 Å². The van der Waals surface area contributed by atoms with Crippen LogP contribution < -0.4 is 5.32 Å². The van der Waals surface area contributed by atoms with Gasteiger partial charge in [-0.3, -0.25) is 4.79 Å². The van der Waals surface area contributed by atoms with Crippen LogP contribution in [0, 0.1) is 0 Å². The van der Waals surface area contributed by atoms with Gasteiger partial charge in [0.2, 0.25) is 0 Å². The summed E-state index contributed by atoms with van der Waals surface area (Å²) in [6.45, 7) is -0.179. The van der Waals surface area contributed by atoms with Crippen LogP contribution in [0.5, 0.6) is 0 Å². The largest absolute Gasteiger partial charge is 0.416 e. The monoisotopic (exact) mass is 441 g/mol. The molecule has 112 valence electrons. The second-order valence-electron chi connectivity index (χ2n) is 4.07. The number of hydrogen-bond donors (Lipinski definition) is 1. The van der Waals surface area contributed by atoms with Crippen LogP contribution >= 0.6 is 43.2 Å². The zero-order valence-electron chi connectivity index (χ0n) is 10.3. The van der Waals surface area contributed by atoms with Crippen molar-refractivity contribution in [3.8, 4) is 0 Å². The van der Waals surface area contributed by atoms with E-state index in [2.05, 4.69) is 37.2 Å². The van der Waals surface area contributed by atoms with Crippen molar-refractivity contribution < 1.29 is 18.0 Å². The first-order valence-electron chi connectivity index (χ1n) is 5.67. The van der Waals surface area contributed by atoms with Crippen LogP contribution in [0.4, 0.5) is 13.2 Å². The lowest BCUT2D eigenvalue weighted by Crippen LogP contribution is -2.23. The number of nitrogens with one attached hydrogen (secondary N) is 1. The van der Waals surface area contributed by atoms with Gasteiger partial charge in [-0.1, -0.05) is 18.2 Å². The van der Waals surface area contributed by atoms with Crippen LogP contribution in [0.25, 0.3) is 0 Å². The van der Waals surface area contributed by atoms with Gasteiger partial charge in [-0.2, -0.15) is 13.2 Å². The third-order valence-corrected chi connectivity index (χ3v) is 5.89. The SMILES string of the molecule is O=C(NCc1ccccc1C(F)(F)F)c1cc(Br)c(Br)s1. The molecule has 0 aliphatic rings. The van der Waals surface area contributed by atoms with E-state index in [0.29, 0.717) is 4.88 Å². The van der Waals surface area contributed by atoms with Gasteiger partial charge in [-0.25, -0.2) is 0 Å². The highest BCUT2D eigenvalue weighted by Gasteiger charge is 2.32. The molecule has 0 fully saturated rings. The molecule has 1 N–H and O–H groups in total. The molecule has 2 aromatic rings. The van der Waals surface area contributed by atoms with Crippen molar-refractivity contribution in [3.63, 3.8) is 0 Å². The molecule has 0 saturated carbocycles. The molecule has 1 heterocycles. The molecule has 0 spiro atoms. The second-order valence-corrected chi connectivity index (χ2v) is 7.29. The maximum absolute atomic E-state index is 12.8. The molecule has 0 bridgehead atoms. The van der Waals surface area contributed by atoms with Crippen molar-refractivity contribution >= 4 is 49.1 Å². The van der Waals surface area contributed by atoms with Gasteiger partial charge in [-0.05, 0) is 49.6 Å². The lowest BCUT2D eigenvalue weighted by atomic mass is 10.1. The van der Waals surface area contributed by atoms with Gasteiger partial charge < -0.3 is 5.32 Å². The van der Waals surface area contributed by atoms with Gasteiger partial charge in [0, 0.05) is 11.0 Å². The Balaban J connectivity index is 2.12. The molecule has 21 heavy (non-hydrogen) atoms. The number of benzene rings is 1. The summed E-state index contributed by atoms with van der Waals surface area (Å²) in [4.78, 5) is 12.3. The third kappa shape index (κ3) is 4.08. The number of halogens is 5. The lowest BCUT2D eigenvalue weighted by molar-refractivity contribution is -0.138. The fourth-order valence-electron chi connectivity index (χ4n) is 1.67. The van der Waals surface area contributed by atoms with Gasteiger partial charge in [0.1, 0.15) is 0 Å². The summed E-state index contributed by atoms with van der Waals surface area (Å²) in [5, 5.41) is 2.50. The average Bonchev–Trinajstić information content (AvgIpc) is 2.75. The second kappa shape index (κ2) is 6.50. The average molecular weight is 443 g/mol. The molecule has 0 saturated heterocycles. The third-order valence-electron chi connectivity index (χ3n) is 2.63. The minimum absolute atomic E-state index is 0.0352. The topological polar surface area (TPSA) is 29.1 Å². The number of alkyl halides is 3. The normalized spacial score (nSPS) is 11.5. The Kier molecular flexibility index (Phi) is 5.11. The van der Waals surface area contributed by atoms with Crippen molar-refractivity contribution in [1.82, 2.24) is 5.32 Å². The molecule has 1 aromatic heterocycles. The number of amides is 1. The first-order valence-corrected chi connectivity index (χ1v) is 8.07. The van der Waals surface area contributed by atoms with Gasteiger partial charge in [-0.15, -0.1) is 11.3 Å². The molecule has 0 unspecified atom stereocenters. The Labute approximate surface area is 139 Å². The molecule has 1 aromatic carbocycles. The highest BCUT2D eigenvalue weighted by Crippen LogP contribution is 2.33. The van der Waals surface area contributed by atoms with E-state index in [1.807, 2.05) is 0 Å². The van der Waals surface area contributed by atoms with E-state index >= 15 is 0 Å².